The van der Waals surface area contributed by atoms with Crippen molar-refractivity contribution >= 4 is 8.24 Å². The standard InChI is InChI=1S/C28H55NOSi/c1-27(2,3)29-31(7,21-15-9-8-14-20-30-28(4,5)6)26-24-18-12-10-16-22(24)23-17-11-13-19-25(23)26/h22-26,29H,8-21H2,1-7H3. The minimum atomic E-state index is -1.55. The van der Waals surface area contributed by atoms with Gasteiger partial charge >= 0.3 is 0 Å². The van der Waals surface area contributed by atoms with Crippen molar-refractivity contribution in [1.82, 2.24) is 4.98 Å². The third kappa shape index (κ3) is 7.06. The molecule has 1 N–H and O–H groups in total. The molecule has 0 aliphatic heterocycles. The van der Waals surface area contributed by atoms with Gasteiger partial charge in [-0.3, -0.25) is 0 Å². The Morgan fingerprint density at radius 3 is 1.68 bits per heavy atom. The molecule has 182 valence electrons. The summed E-state index contributed by atoms with van der Waals surface area (Å²) in [5.74, 6) is 4.25. The average molecular weight is 450 g/mol. The smallest absolute Gasteiger partial charge is 0.126 e. The van der Waals surface area contributed by atoms with Gasteiger partial charge < -0.3 is 9.72 Å². The summed E-state index contributed by atoms with van der Waals surface area (Å²) in [7, 11) is -1.55. The first-order valence-electron chi connectivity index (χ1n) is 13.9. The summed E-state index contributed by atoms with van der Waals surface area (Å²) in [6.07, 6.45) is 17.6. The molecule has 0 aromatic rings. The molecule has 0 heterocycles. The summed E-state index contributed by atoms with van der Waals surface area (Å²) in [6.45, 7) is 17.5. The Morgan fingerprint density at radius 1 is 0.710 bits per heavy atom. The zero-order valence-corrected chi connectivity index (χ0v) is 23.2. The van der Waals surface area contributed by atoms with Crippen LogP contribution in [-0.2, 0) is 4.74 Å². The molecule has 2 nitrogen and oxygen atoms in total. The van der Waals surface area contributed by atoms with Gasteiger partial charge in [0.25, 0.3) is 0 Å². The molecule has 3 aliphatic carbocycles. The predicted molar refractivity (Wildman–Crippen MR) is 138 cm³/mol. The van der Waals surface area contributed by atoms with Crippen molar-refractivity contribution in [2.75, 3.05) is 6.61 Å². The molecule has 3 heteroatoms. The predicted octanol–water partition coefficient (Wildman–Crippen LogP) is 8.32. The summed E-state index contributed by atoms with van der Waals surface area (Å²) in [4.78, 5) is 4.38. The van der Waals surface area contributed by atoms with Crippen molar-refractivity contribution in [3.8, 4) is 0 Å². The maximum Gasteiger partial charge on any atom is 0.126 e. The Kier molecular flexibility index (Phi) is 8.80. The largest absolute Gasteiger partial charge is 0.376 e. The van der Waals surface area contributed by atoms with E-state index in [4.69, 9.17) is 4.74 Å². The fourth-order valence-corrected chi connectivity index (χ4v) is 14.1. The minimum Gasteiger partial charge on any atom is -0.376 e. The van der Waals surface area contributed by atoms with Crippen LogP contribution in [0.5, 0.6) is 0 Å². The molecular weight excluding hydrogens is 394 g/mol. The fraction of sp³-hybridized carbons (Fsp3) is 1.00. The van der Waals surface area contributed by atoms with Gasteiger partial charge in [-0.1, -0.05) is 64.3 Å². The third-order valence-corrected chi connectivity index (χ3v) is 13.8. The fourth-order valence-electron chi connectivity index (χ4n) is 8.09. The summed E-state index contributed by atoms with van der Waals surface area (Å²) >= 11 is 0. The highest BCUT2D eigenvalue weighted by Gasteiger charge is 2.57. The summed E-state index contributed by atoms with van der Waals surface area (Å²) in [5.41, 5.74) is 1.29. The molecule has 0 saturated heterocycles. The van der Waals surface area contributed by atoms with Gasteiger partial charge in [-0.15, -0.1) is 0 Å². The lowest BCUT2D eigenvalue weighted by atomic mass is 9.73. The van der Waals surface area contributed by atoms with Crippen LogP contribution in [0.4, 0.5) is 0 Å². The zero-order chi connectivity index (χ0) is 22.7. The SMILES string of the molecule is CC(C)(C)N[Si](C)(CCCCCCOC(C)(C)C)C1C2CCCCC2C2CCCCC21. The van der Waals surface area contributed by atoms with Crippen molar-refractivity contribution in [1.29, 1.82) is 0 Å². The Balaban J connectivity index is 1.64. The highest BCUT2D eigenvalue weighted by atomic mass is 28.3. The molecule has 3 rings (SSSR count). The van der Waals surface area contributed by atoms with E-state index >= 15 is 0 Å². The van der Waals surface area contributed by atoms with Gasteiger partial charge in [-0.05, 0) is 96.1 Å². The molecule has 3 fully saturated rings. The first-order chi connectivity index (χ1) is 14.5. The van der Waals surface area contributed by atoms with Crippen LogP contribution in [0.3, 0.4) is 0 Å². The van der Waals surface area contributed by atoms with Crippen molar-refractivity contribution in [2.24, 2.45) is 23.7 Å². The second-order valence-corrected chi connectivity index (χ2v) is 17.9. The first kappa shape index (κ1) is 25.8. The van der Waals surface area contributed by atoms with E-state index in [1.807, 2.05) is 0 Å². The molecular formula is C28H55NOSi. The van der Waals surface area contributed by atoms with Crippen molar-refractivity contribution in [2.45, 2.75) is 148 Å². The normalized spacial score (nSPS) is 33.6. The van der Waals surface area contributed by atoms with Gasteiger partial charge in [0.2, 0.25) is 0 Å². The molecule has 0 aromatic heterocycles. The van der Waals surface area contributed by atoms with E-state index in [1.54, 1.807) is 25.7 Å². The van der Waals surface area contributed by atoms with Crippen molar-refractivity contribution in [3.63, 3.8) is 0 Å². The van der Waals surface area contributed by atoms with E-state index in [0.717, 1.165) is 35.8 Å². The van der Waals surface area contributed by atoms with Crippen LogP contribution in [-0.4, -0.2) is 26.0 Å². The first-order valence-corrected chi connectivity index (χ1v) is 16.7. The molecule has 0 amide bonds. The number of nitrogens with one attached hydrogen (secondary N) is 1. The van der Waals surface area contributed by atoms with Gasteiger partial charge in [-0.2, -0.15) is 0 Å². The number of rotatable bonds is 9. The van der Waals surface area contributed by atoms with Crippen molar-refractivity contribution < 1.29 is 4.74 Å². The highest BCUT2D eigenvalue weighted by Crippen LogP contribution is 2.63. The number of fused-ring (bicyclic) bond motifs is 3. The van der Waals surface area contributed by atoms with E-state index in [0.29, 0.717) is 0 Å². The lowest BCUT2D eigenvalue weighted by molar-refractivity contribution is -0.00471. The van der Waals surface area contributed by atoms with Gasteiger partial charge in [0.05, 0.1) is 5.60 Å². The van der Waals surface area contributed by atoms with E-state index in [2.05, 4.69) is 53.1 Å². The molecule has 3 saturated carbocycles. The minimum absolute atomic E-state index is 0.0116. The molecule has 0 radical (unpaired) electrons. The van der Waals surface area contributed by atoms with Crippen LogP contribution in [0, 0.1) is 23.7 Å². The Bertz CT molecular complexity index is 528. The van der Waals surface area contributed by atoms with Gasteiger partial charge in [0.1, 0.15) is 8.24 Å². The molecule has 3 aliphatic rings. The lowest BCUT2D eigenvalue weighted by Gasteiger charge is -2.46. The monoisotopic (exact) mass is 449 g/mol. The molecule has 5 unspecified atom stereocenters. The number of unbranched alkanes of at least 4 members (excludes halogenated alkanes) is 3. The van der Waals surface area contributed by atoms with E-state index in [-0.39, 0.29) is 11.1 Å². The highest BCUT2D eigenvalue weighted by molar-refractivity contribution is 6.78. The molecule has 31 heavy (non-hydrogen) atoms. The summed E-state index contributed by atoms with van der Waals surface area (Å²) < 4.78 is 5.94. The Labute approximate surface area is 196 Å². The van der Waals surface area contributed by atoms with Crippen LogP contribution < -0.4 is 4.98 Å². The Hall–Kier alpha value is 0.137. The Morgan fingerprint density at radius 2 is 1.19 bits per heavy atom. The van der Waals surface area contributed by atoms with Crippen LogP contribution >= 0.6 is 0 Å². The third-order valence-electron chi connectivity index (χ3n) is 8.74. The number of hydrogen-bond donors (Lipinski definition) is 1. The number of ether oxygens (including phenoxy) is 1. The maximum absolute atomic E-state index is 5.94. The molecule has 0 bridgehead atoms. The van der Waals surface area contributed by atoms with Crippen LogP contribution in [0.15, 0.2) is 0 Å². The van der Waals surface area contributed by atoms with Gasteiger partial charge in [0.15, 0.2) is 0 Å². The summed E-state index contributed by atoms with van der Waals surface area (Å²) in [6, 6.07) is 1.49. The van der Waals surface area contributed by atoms with Gasteiger partial charge in [0, 0.05) is 12.1 Å². The topological polar surface area (TPSA) is 21.3 Å². The van der Waals surface area contributed by atoms with E-state index in [1.165, 1.54) is 57.4 Å². The molecule has 0 spiro atoms. The van der Waals surface area contributed by atoms with E-state index < -0.39 is 8.24 Å². The van der Waals surface area contributed by atoms with E-state index in [9.17, 15) is 0 Å². The number of hydrogen-bond acceptors (Lipinski definition) is 2. The zero-order valence-electron chi connectivity index (χ0n) is 22.2. The second-order valence-electron chi connectivity index (χ2n) is 13.7. The van der Waals surface area contributed by atoms with Crippen LogP contribution in [0.1, 0.15) is 119 Å². The molecule has 0 aromatic carbocycles. The van der Waals surface area contributed by atoms with Crippen molar-refractivity contribution in [3.05, 3.63) is 0 Å². The van der Waals surface area contributed by atoms with Gasteiger partial charge in [-0.25, -0.2) is 0 Å². The average Bonchev–Trinajstić information content (AvgIpc) is 3.00. The maximum atomic E-state index is 5.94. The lowest BCUT2D eigenvalue weighted by Crippen LogP contribution is -2.61. The van der Waals surface area contributed by atoms with Crippen LogP contribution in [0.2, 0.25) is 18.1 Å². The second kappa shape index (κ2) is 10.6. The molecule has 5 atom stereocenters. The quantitative estimate of drug-likeness (QED) is 0.282. The summed E-state index contributed by atoms with van der Waals surface area (Å²) in [5, 5.41) is 0. The van der Waals surface area contributed by atoms with Crippen LogP contribution in [0.25, 0.3) is 0 Å².